The molecule has 7 heteroatoms. The minimum Gasteiger partial charge on any atom is -0.327 e. The van der Waals surface area contributed by atoms with Gasteiger partial charge in [0.05, 0.1) is 4.90 Å². The topological polar surface area (TPSA) is 60.2 Å². The number of hydrogen-bond donors (Lipinski definition) is 1. The molecule has 1 aromatic rings. The van der Waals surface area contributed by atoms with Crippen LogP contribution in [0.5, 0.6) is 0 Å². The Labute approximate surface area is 116 Å². The Morgan fingerprint density at radius 1 is 1.20 bits per heavy atom. The van der Waals surface area contributed by atoms with Crippen molar-refractivity contribution < 1.29 is 21.6 Å². The summed E-state index contributed by atoms with van der Waals surface area (Å²) in [5.41, 5.74) is 0.661. The van der Waals surface area contributed by atoms with Gasteiger partial charge in [0.15, 0.2) is 0 Å². The molecule has 1 atom stereocenters. The Morgan fingerprint density at radius 3 is 2.25 bits per heavy atom. The quantitative estimate of drug-likeness (QED) is 0.910. The van der Waals surface area contributed by atoms with Crippen LogP contribution in [0.1, 0.15) is 25.8 Å². The first-order valence-corrected chi connectivity index (χ1v) is 7.69. The van der Waals surface area contributed by atoms with Gasteiger partial charge in [-0.2, -0.15) is 13.2 Å². The van der Waals surface area contributed by atoms with Crippen molar-refractivity contribution in [3.05, 3.63) is 29.8 Å². The van der Waals surface area contributed by atoms with Crippen LogP contribution in [0.25, 0.3) is 0 Å². The van der Waals surface area contributed by atoms with E-state index >= 15 is 0 Å². The Balaban J connectivity index is 3.13. The van der Waals surface area contributed by atoms with Gasteiger partial charge in [-0.25, -0.2) is 8.42 Å². The average Bonchev–Trinajstić information content (AvgIpc) is 2.26. The first-order chi connectivity index (χ1) is 9.05. The number of benzene rings is 1. The highest BCUT2D eigenvalue weighted by Gasteiger charge is 2.47. The van der Waals surface area contributed by atoms with Crippen LogP contribution in [-0.2, 0) is 16.3 Å². The van der Waals surface area contributed by atoms with E-state index in [2.05, 4.69) is 0 Å². The summed E-state index contributed by atoms with van der Waals surface area (Å²) in [5, 5.41) is 0. The van der Waals surface area contributed by atoms with Crippen molar-refractivity contribution >= 4 is 9.84 Å². The van der Waals surface area contributed by atoms with E-state index in [1.165, 1.54) is 18.2 Å². The maximum Gasteiger partial charge on any atom is 0.501 e. The van der Waals surface area contributed by atoms with Gasteiger partial charge in [0.25, 0.3) is 9.84 Å². The zero-order chi connectivity index (χ0) is 15.6. The Bertz CT molecular complexity index is 553. The van der Waals surface area contributed by atoms with Crippen LogP contribution in [0.2, 0.25) is 0 Å². The maximum absolute atomic E-state index is 12.6. The normalized spacial score (nSPS) is 14.6. The molecule has 0 saturated carbocycles. The van der Waals surface area contributed by atoms with Crippen molar-refractivity contribution in [1.82, 2.24) is 0 Å². The Hall–Kier alpha value is -1.08. The third-order valence-corrected chi connectivity index (χ3v) is 4.41. The van der Waals surface area contributed by atoms with Crippen LogP contribution >= 0.6 is 0 Å². The van der Waals surface area contributed by atoms with Gasteiger partial charge in [-0.05, 0) is 30.4 Å². The molecule has 20 heavy (non-hydrogen) atoms. The highest BCUT2D eigenvalue weighted by molar-refractivity contribution is 7.92. The molecule has 1 aromatic carbocycles. The molecule has 0 aliphatic carbocycles. The van der Waals surface area contributed by atoms with Crippen LogP contribution in [0.4, 0.5) is 13.2 Å². The lowest BCUT2D eigenvalue weighted by molar-refractivity contribution is -0.0436. The molecule has 0 radical (unpaired) electrons. The van der Waals surface area contributed by atoms with E-state index in [1.807, 2.05) is 13.8 Å². The standard InChI is InChI=1S/C13H18F3NO2S/c1-9(2)7-11(17)8-10-5-3-4-6-12(10)20(18,19)13(14,15)16/h3-6,9,11H,7-8,17H2,1-2H3. The number of nitrogens with two attached hydrogens (primary N) is 1. The van der Waals surface area contributed by atoms with Crippen LogP contribution in [0.15, 0.2) is 29.2 Å². The molecule has 3 nitrogen and oxygen atoms in total. The van der Waals surface area contributed by atoms with E-state index in [-0.39, 0.29) is 23.9 Å². The second-order valence-corrected chi connectivity index (χ2v) is 7.06. The second kappa shape index (κ2) is 6.13. The van der Waals surface area contributed by atoms with E-state index in [9.17, 15) is 21.6 Å². The molecule has 0 spiro atoms. The average molecular weight is 309 g/mol. The molecule has 0 aliphatic rings. The number of halogens is 3. The van der Waals surface area contributed by atoms with E-state index in [0.29, 0.717) is 6.42 Å². The van der Waals surface area contributed by atoms with Gasteiger partial charge >= 0.3 is 5.51 Å². The third-order valence-electron chi connectivity index (χ3n) is 2.82. The molecule has 0 fully saturated rings. The van der Waals surface area contributed by atoms with Gasteiger partial charge < -0.3 is 5.73 Å². The molecular weight excluding hydrogens is 291 g/mol. The molecule has 0 saturated heterocycles. The lowest BCUT2D eigenvalue weighted by Crippen LogP contribution is -2.28. The zero-order valence-corrected chi connectivity index (χ0v) is 12.1. The fourth-order valence-corrected chi connectivity index (χ4v) is 3.03. The summed E-state index contributed by atoms with van der Waals surface area (Å²) < 4.78 is 60.9. The van der Waals surface area contributed by atoms with Gasteiger partial charge in [-0.3, -0.25) is 0 Å². The van der Waals surface area contributed by atoms with Gasteiger partial charge in [-0.1, -0.05) is 32.0 Å². The van der Waals surface area contributed by atoms with Crippen molar-refractivity contribution in [2.75, 3.05) is 0 Å². The minimum atomic E-state index is -5.34. The summed E-state index contributed by atoms with van der Waals surface area (Å²) in [6.45, 7) is 3.89. The van der Waals surface area contributed by atoms with Gasteiger partial charge in [-0.15, -0.1) is 0 Å². The smallest absolute Gasteiger partial charge is 0.327 e. The van der Waals surface area contributed by atoms with Crippen molar-refractivity contribution in [1.29, 1.82) is 0 Å². The summed E-state index contributed by atoms with van der Waals surface area (Å²) >= 11 is 0. The molecule has 114 valence electrons. The Kier molecular flexibility index (Phi) is 5.21. The van der Waals surface area contributed by atoms with Crippen LogP contribution < -0.4 is 5.73 Å². The maximum atomic E-state index is 12.6. The summed E-state index contributed by atoms with van der Waals surface area (Å²) in [5.74, 6) is 0.288. The fraction of sp³-hybridized carbons (Fsp3) is 0.538. The summed E-state index contributed by atoms with van der Waals surface area (Å²) in [6, 6.07) is 4.75. The second-order valence-electron chi connectivity index (χ2n) is 5.15. The molecule has 0 aliphatic heterocycles. The first kappa shape index (κ1) is 17.0. The monoisotopic (exact) mass is 309 g/mol. The van der Waals surface area contributed by atoms with Crippen molar-refractivity contribution in [2.24, 2.45) is 11.7 Å². The number of sulfone groups is 1. The molecule has 1 rings (SSSR count). The van der Waals surface area contributed by atoms with Crippen LogP contribution in [-0.4, -0.2) is 20.0 Å². The predicted molar refractivity (Wildman–Crippen MR) is 70.8 cm³/mol. The highest BCUT2D eigenvalue weighted by atomic mass is 32.2. The lowest BCUT2D eigenvalue weighted by atomic mass is 9.98. The molecule has 2 N–H and O–H groups in total. The summed E-state index contributed by atoms with van der Waals surface area (Å²) in [6.07, 6.45) is 0.712. The highest BCUT2D eigenvalue weighted by Crippen LogP contribution is 2.32. The van der Waals surface area contributed by atoms with Gasteiger partial charge in [0.1, 0.15) is 0 Å². The van der Waals surface area contributed by atoms with E-state index < -0.39 is 20.2 Å². The minimum absolute atomic E-state index is 0.101. The lowest BCUT2D eigenvalue weighted by Gasteiger charge is -2.17. The van der Waals surface area contributed by atoms with E-state index in [1.54, 1.807) is 0 Å². The van der Waals surface area contributed by atoms with E-state index in [0.717, 1.165) is 6.07 Å². The third kappa shape index (κ3) is 3.96. The summed E-state index contributed by atoms with van der Waals surface area (Å²) in [4.78, 5) is -0.702. The van der Waals surface area contributed by atoms with Crippen molar-refractivity contribution in [2.45, 2.75) is 43.1 Å². The largest absolute Gasteiger partial charge is 0.501 e. The van der Waals surface area contributed by atoms with E-state index in [4.69, 9.17) is 5.73 Å². The van der Waals surface area contributed by atoms with Crippen LogP contribution in [0, 0.1) is 5.92 Å². The molecule has 0 amide bonds. The van der Waals surface area contributed by atoms with Gasteiger partial charge in [0, 0.05) is 6.04 Å². The van der Waals surface area contributed by atoms with Crippen LogP contribution in [0.3, 0.4) is 0 Å². The number of rotatable bonds is 5. The molecular formula is C13H18F3NO2S. The summed E-state index contributed by atoms with van der Waals surface area (Å²) in [7, 11) is -5.34. The fourth-order valence-electron chi connectivity index (χ4n) is 2.03. The Morgan fingerprint density at radius 2 is 1.75 bits per heavy atom. The zero-order valence-electron chi connectivity index (χ0n) is 11.3. The SMILES string of the molecule is CC(C)CC(N)Cc1ccccc1S(=O)(=O)C(F)(F)F. The molecule has 1 unspecified atom stereocenters. The van der Waals surface area contributed by atoms with Gasteiger partial charge in [0.2, 0.25) is 0 Å². The number of hydrogen-bond acceptors (Lipinski definition) is 3. The molecule has 0 bridgehead atoms. The molecule has 0 aromatic heterocycles. The van der Waals surface area contributed by atoms with Crippen molar-refractivity contribution in [3.63, 3.8) is 0 Å². The van der Waals surface area contributed by atoms with Crippen molar-refractivity contribution in [3.8, 4) is 0 Å². The number of alkyl halides is 3. The predicted octanol–water partition coefficient (Wildman–Crippen LogP) is 2.90. The first-order valence-electron chi connectivity index (χ1n) is 6.20. The molecule has 0 heterocycles.